The standard InChI is InChI=1S/C29H36BrN3O7S2/c1-6-38-23-14-19(30)21(15-24(23)39-7-2)33-22-16-42(36,37)17-25(22)41-27(33)32-26(34)20(13-18-11-9-8-10-12-18)31-28(35)40-29(3,4)5/h8-12,14-15,20,22,25H,6-7,13,16-17H2,1-5H3,(H,31,35)/t20-,22+,25-/m0/s1. The summed E-state index contributed by atoms with van der Waals surface area (Å²) in [5.74, 6) is 0.350. The Kier molecular flexibility index (Phi) is 10.1. The lowest BCUT2D eigenvalue weighted by molar-refractivity contribution is -0.119. The number of rotatable bonds is 9. The van der Waals surface area contributed by atoms with Gasteiger partial charge in [-0.05, 0) is 56.1 Å². The number of ether oxygens (including phenoxy) is 3. The molecule has 2 saturated heterocycles. The number of hydrogen-bond acceptors (Lipinski definition) is 8. The van der Waals surface area contributed by atoms with Crippen LogP contribution in [-0.2, 0) is 25.8 Å². The normalized spacial score (nSPS) is 21.1. The van der Waals surface area contributed by atoms with Gasteiger partial charge >= 0.3 is 6.09 Å². The number of fused-ring (bicyclic) bond motifs is 1. The Hall–Kier alpha value is -2.77. The molecule has 2 aromatic carbocycles. The van der Waals surface area contributed by atoms with Crippen molar-refractivity contribution in [3.05, 3.63) is 52.5 Å². The number of benzene rings is 2. The Morgan fingerprint density at radius 3 is 2.36 bits per heavy atom. The van der Waals surface area contributed by atoms with E-state index < -0.39 is 39.5 Å². The van der Waals surface area contributed by atoms with Crippen molar-refractivity contribution in [3.8, 4) is 11.5 Å². The molecule has 0 bridgehead atoms. The van der Waals surface area contributed by atoms with Gasteiger partial charge in [-0.1, -0.05) is 42.1 Å². The van der Waals surface area contributed by atoms with Crippen LogP contribution in [0.4, 0.5) is 10.5 Å². The van der Waals surface area contributed by atoms with E-state index in [2.05, 4.69) is 26.2 Å². The summed E-state index contributed by atoms with van der Waals surface area (Å²) in [6, 6.07) is 11.4. The maximum absolute atomic E-state index is 13.7. The highest BCUT2D eigenvalue weighted by Crippen LogP contribution is 2.46. The van der Waals surface area contributed by atoms with Gasteiger partial charge in [0.2, 0.25) is 0 Å². The molecule has 0 unspecified atom stereocenters. The fraction of sp³-hybridized carbons (Fsp3) is 0.483. The second-order valence-corrected chi connectivity index (χ2v) is 15.1. The molecule has 2 amide bonds. The summed E-state index contributed by atoms with van der Waals surface area (Å²) in [6.45, 7) is 9.79. The highest BCUT2D eigenvalue weighted by molar-refractivity contribution is 9.10. The third kappa shape index (κ3) is 7.99. The summed E-state index contributed by atoms with van der Waals surface area (Å²) in [5.41, 5.74) is 0.683. The van der Waals surface area contributed by atoms with Crippen LogP contribution in [-0.4, -0.2) is 73.2 Å². The van der Waals surface area contributed by atoms with Crippen molar-refractivity contribution in [2.24, 2.45) is 4.99 Å². The minimum Gasteiger partial charge on any atom is -0.490 e. The average molecular weight is 683 g/mol. The number of amidine groups is 1. The van der Waals surface area contributed by atoms with E-state index in [9.17, 15) is 18.0 Å². The van der Waals surface area contributed by atoms with Crippen molar-refractivity contribution >= 4 is 60.4 Å². The van der Waals surface area contributed by atoms with Gasteiger partial charge in [0.1, 0.15) is 11.6 Å². The highest BCUT2D eigenvalue weighted by atomic mass is 79.9. The number of aliphatic imine (C=N–C) groups is 1. The largest absolute Gasteiger partial charge is 0.490 e. The van der Waals surface area contributed by atoms with Crippen LogP contribution in [0.1, 0.15) is 40.2 Å². The van der Waals surface area contributed by atoms with E-state index in [1.165, 1.54) is 11.8 Å². The summed E-state index contributed by atoms with van der Waals surface area (Å²) >= 11 is 4.87. The van der Waals surface area contributed by atoms with E-state index in [0.717, 1.165) is 5.56 Å². The number of halogens is 1. The van der Waals surface area contributed by atoms with E-state index in [1.54, 1.807) is 37.8 Å². The fourth-order valence-corrected chi connectivity index (χ4v) is 9.19. The fourth-order valence-electron chi connectivity index (χ4n) is 4.76. The lowest BCUT2D eigenvalue weighted by atomic mass is 10.1. The maximum Gasteiger partial charge on any atom is 0.408 e. The molecule has 2 aromatic rings. The van der Waals surface area contributed by atoms with Crippen LogP contribution in [0, 0.1) is 0 Å². The molecule has 10 nitrogen and oxygen atoms in total. The molecular formula is C29H36BrN3O7S2. The minimum absolute atomic E-state index is 0.0252. The average Bonchev–Trinajstić information content (AvgIpc) is 3.35. The molecule has 13 heteroatoms. The summed E-state index contributed by atoms with van der Waals surface area (Å²) in [4.78, 5) is 32.7. The van der Waals surface area contributed by atoms with Gasteiger partial charge in [0.25, 0.3) is 5.91 Å². The number of hydrogen-bond donors (Lipinski definition) is 1. The molecule has 4 rings (SSSR count). The van der Waals surface area contributed by atoms with Crippen molar-refractivity contribution in [1.29, 1.82) is 0 Å². The Morgan fingerprint density at radius 2 is 1.74 bits per heavy atom. The zero-order valence-corrected chi connectivity index (χ0v) is 27.5. The highest BCUT2D eigenvalue weighted by Gasteiger charge is 2.50. The van der Waals surface area contributed by atoms with Crippen LogP contribution in [0.25, 0.3) is 0 Å². The smallest absolute Gasteiger partial charge is 0.408 e. The molecule has 2 fully saturated rings. The SMILES string of the molecule is CCOc1cc(Br)c(N2C(=NC(=O)[C@H](Cc3ccccc3)NC(=O)OC(C)(C)C)S[C@H]3CS(=O)(=O)C[C@H]32)cc1OCC. The van der Waals surface area contributed by atoms with Crippen molar-refractivity contribution in [2.75, 3.05) is 29.6 Å². The summed E-state index contributed by atoms with van der Waals surface area (Å²) < 4.78 is 42.9. The van der Waals surface area contributed by atoms with Crippen molar-refractivity contribution < 1.29 is 32.2 Å². The Labute approximate surface area is 259 Å². The molecule has 2 aliphatic heterocycles. The van der Waals surface area contributed by atoms with Crippen LogP contribution >= 0.6 is 27.7 Å². The van der Waals surface area contributed by atoms with Crippen molar-refractivity contribution in [3.63, 3.8) is 0 Å². The second kappa shape index (κ2) is 13.3. The Morgan fingerprint density at radius 1 is 1.10 bits per heavy atom. The zero-order chi connectivity index (χ0) is 30.7. The number of amides is 2. The van der Waals surface area contributed by atoms with Gasteiger partial charge in [-0.15, -0.1) is 0 Å². The topological polar surface area (TPSA) is 124 Å². The molecule has 3 atom stereocenters. The summed E-state index contributed by atoms with van der Waals surface area (Å²) in [5, 5.41) is 2.72. The lowest BCUT2D eigenvalue weighted by Crippen LogP contribution is -2.45. The van der Waals surface area contributed by atoms with Crippen LogP contribution in [0.15, 0.2) is 51.9 Å². The molecule has 0 saturated carbocycles. The van der Waals surface area contributed by atoms with E-state index >= 15 is 0 Å². The number of nitrogens with zero attached hydrogens (tertiary/aromatic N) is 2. The Bertz CT molecular complexity index is 1450. The predicted molar refractivity (Wildman–Crippen MR) is 169 cm³/mol. The van der Waals surface area contributed by atoms with E-state index in [4.69, 9.17) is 14.2 Å². The molecule has 0 aliphatic carbocycles. The lowest BCUT2D eigenvalue weighted by Gasteiger charge is -2.27. The van der Waals surface area contributed by atoms with E-state index in [-0.39, 0.29) is 23.2 Å². The molecule has 228 valence electrons. The van der Waals surface area contributed by atoms with Gasteiger partial charge in [-0.25, -0.2) is 13.2 Å². The minimum atomic E-state index is -3.29. The van der Waals surface area contributed by atoms with Crippen LogP contribution in [0.2, 0.25) is 0 Å². The number of nitrogens with one attached hydrogen (secondary N) is 1. The van der Waals surface area contributed by atoms with Gasteiger partial charge in [-0.3, -0.25) is 4.79 Å². The first kappa shape index (κ1) is 32.2. The molecule has 0 radical (unpaired) electrons. The number of sulfone groups is 1. The van der Waals surface area contributed by atoms with Crippen molar-refractivity contribution in [2.45, 2.75) is 64.0 Å². The molecule has 0 aromatic heterocycles. The zero-order valence-electron chi connectivity index (χ0n) is 24.3. The van der Waals surface area contributed by atoms with Crippen LogP contribution in [0.5, 0.6) is 11.5 Å². The third-order valence-corrected chi connectivity index (χ3v) is 10.3. The second-order valence-electron chi connectivity index (χ2n) is 10.9. The molecule has 2 aliphatic rings. The van der Waals surface area contributed by atoms with E-state index in [1.807, 2.05) is 44.2 Å². The number of alkyl carbamates (subject to hydrolysis) is 1. The number of anilines is 1. The molecule has 1 N–H and O–H groups in total. The summed E-state index contributed by atoms with van der Waals surface area (Å²) in [7, 11) is -3.29. The van der Waals surface area contributed by atoms with Crippen LogP contribution < -0.4 is 19.7 Å². The van der Waals surface area contributed by atoms with E-state index in [0.29, 0.717) is 40.0 Å². The number of carbonyl (C=O) groups is 2. The molecule has 2 heterocycles. The van der Waals surface area contributed by atoms with Crippen molar-refractivity contribution in [1.82, 2.24) is 5.32 Å². The number of thioether (sulfide) groups is 1. The maximum atomic E-state index is 13.7. The van der Waals surface area contributed by atoms with Gasteiger partial charge in [0.05, 0.1) is 36.4 Å². The molecular weight excluding hydrogens is 646 g/mol. The van der Waals surface area contributed by atoms with Crippen LogP contribution in [0.3, 0.4) is 0 Å². The third-order valence-electron chi connectivity index (χ3n) is 6.42. The van der Waals surface area contributed by atoms with Gasteiger partial charge < -0.3 is 24.4 Å². The first-order valence-corrected chi connectivity index (χ1v) is 17.2. The molecule has 42 heavy (non-hydrogen) atoms. The quantitative estimate of drug-likeness (QED) is 0.390. The summed E-state index contributed by atoms with van der Waals surface area (Å²) in [6.07, 6.45) is -0.533. The number of carbonyl (C=O) groups excluding carboxylic acids is 2. The predicted octanol–water partition coefficient (Wildman–Crippen LogP) is 4.98. The first-order chi connectivity index (χ1) is 19.8. The van der Waals surface area contributed by atoms with Gasteiger partial charge in [0, 0.05) is 28.3 Å². The van der Waals surface area contributed by atoms with Gasteiger partial charge in [0.15, 0.2) is 26.5 Å². The van der Waals surface area contributed by atoms with Gasteiger partial charge in [-0.2, -0.15) is 4.99 Å². The Balaban J connectivity index is 1.73. The molecule has 0 spiro atoms. The monoisotopic (exact) mass is 681 g/mol. The first-order valence-electron chi connectivity index (χ1n) is 13.7.